The van der Waals surface area contributed by atoms with E-state index in [4.69, 9.17) is 0 Å². The zero-order valence-electron chi connectivity index (χ0n) is 13.6. The normalized spacial score (nSPS) is 11.3. The number of carbonyl (C=O) groups excluding carboxylic acids is 1. The molecule has 0 atom stereocenters. The topological polar surface area (TPSA) is 54.0 Å². The van der Waals surface area contributed by atoms with Crippen molar-refractivity contribution in [2.24, 2.45) is 0 Å². The van der Waals surface area contributed by atoms with Gasteiger partial charge in [-0.25, -0.2) is 4.98 Å². The van der Waals surface area contributed by atoms with Gasteiger partial charge in [-0.1, -0.05) is 24.3 Å². The van der Waals surface area contributed by atoms with E-state index in [1.165, 1.54) is 12.5 Å². The van der Waals surface area contributed by atoms with Gasteiger partial charge in [0.05, 0.1) is 5.69 Å². The molecule has 1 aromatic carbocycles. The monoisotopic (exact) mass is 317 g/mol. The minimum Gasteiger partial charge on any atom is -0.357 e. The van der Waals surface area contributed by atoms with Crippen molar-refractivity contribution >= 4 is 22.4 Å². The van der Waals surface area contributed by atoms with Crippen molar-refractivity contribution in [2.75, 3.05) is 11.9 Å². The molecule has 5 heteroatoms. The first-order valence-corrected chi connectivity index (χ1v) is 8.29. The second-order valence-electron chi connectivity index (χ2n) is 6.34. The van der Waals surface area contributed by atoms with Crippen LogP contribution in [0.2, 0.25) is 0 Å². The highest BCUT2D eigenvalue weighted by molar-refractivity contribution is 7.14. The van der Waals surface area contributed by atoms with E-state index in [9.17, 15) is 4.79 Å². The highest BCUT2D eigenvalue weighted by Gasteiger charge is 2.12. The van der Waals surface area contributed by atoms with Crippen LogP contribution in [-0.2, 0) is 11.2 Å². The number of nitrogens with one attached hydrogen (secondary N) is 2. The van der Waals surface area contributed by atoms with Crippen molar-refractivity contribution in [1.82, 2.24) is 10.3 Å². The van der Waals surface area contributed by atoms with E-state index in [2.05, 4.69) is 66.0 Å². The zero-order valence-corrected chi connectivity index (χ0v) is 14.4. The van der Waals surface area contributed by atoms with Crippen LogP contribution in [0, 0.1) is 0 Å². The molecule has 0 spiro atoms. The SMILES string of the molecule is CC(=O)NCCc1ccc(-c2csc(NC(C)(C)C)n2)cc1. The maximum atomic E-state index is 10.9. The lowest BCUT2D eigenvalue weighted by atomic mass is 10.1. The average molecular weight is 317 g/mol. The van der Waals surface area contributed by atoms with Gasteiger partial charge < -0.3 is 10.6 Å². The van der Waals surface area contributed by atoms with Gasteiger partial charge in [-0.15, -0.1) is 11.3 Å². The molecule has 2 rings (SSSR count). The average Bonchev–Trinajstić information content (AvgIpc) is 2.85. The Kier molecular flexibility index (Phi) is 5.19. The number of nitrogens with zero attached hydrogens (tertiary/aromatic N) is 1. The quantitative estimate of drug-likeness (QED) is 0.884. The minimum atomic E-state index is 0.0120. The van der Waals surface area contributed by atoms with Gasteiger partial charge in [0, 0.05) is 30.0 Å². The largest absolute Gasteiger partial charge is 0.357 e. The summed E-state index contributed by atoms with van der Waals surface area (Å²) < 4.78 is 0. The molecule has 1 amide bonds. The predicted molar refractivity (Wildman–Crippen MR) is 93.3 cm³/mol. The molecule has 118 valence electrons. The Labute approximate surface area is 136 Å². The number of hydrogen-bond donors (Lipinski definition) is 2. The lowest BCUT2D eigenvalue weighted by Crippen LogP contribution is -2.25. The molecule has 2 aromatic rings. The standard InChI is InChI=1S/C17H23N3OS/c1-12(21)18-10-9-13-5-7-14(8-6-13)15-11-22-16(19-15)20-17(2,3)4/h5-8,11H,9-10H2,1-4H3,(H,18,21)(H,19,20). The minimum absolute atomic E-state index is 0.0120. The van der Waals surface area contributed by atoms with Gasteiger partial charge in [-0.2, -0.15) is 0 Å². The van der Waals surface area contributed by atoms with Crippen LogP contribution in [0.1, 0.15) is 33.3 Å². The third-order valence-electron chi connectivity index (χ3n) is 3.02. The molecule has 1 heterocycles. The van der Waals surface area contributed by atoms with Gasteiger partial charge >= 0.3 is 0 Å². The van der Waals surface area contributed by atoms with Crippen LogP contribution in [0.3, 0.4) is 0 Å². The summed E-state index contributed by atoms with van der Waals surface area (Å²) in [7, 11) is 0. The van der Waals surface area contributed by atoms with Crippen LogP contribution in [-0.4, -0.2) is 23.0 Å². The molecule has 4 nitrogen and oxygen atoms in total. The summed E-state index contributed by atoms with van der Waals surface area (Å²) in [5.74, 6) is 0.0120. The van der Waals surface area contributed by atoms with E-state index >= 15 is 0 Å². The summed E-state index contributed by atoms with van der Waals surface area (Å²) >= 11 is 1.62. The van der Waals surface area contributed by atoms with E-state index < -0.39 is 0 Å². The predicted octanol–water partition coefficient (Wildman–Crippen LogP) is 3.70. The van der Waals surface area contributed by atoms with E-state index in [1.807, 2.05) is 0 Å². The van der Waals surface area contributed by atoms with E-state index in [0.717, 1.165) is 22.8 Å². The maximum absolute atomic E-state index is 10.9. The molecule has 0 aliphatic carbocycles. The highest BCUT2D eigenvalue weighted by atomic mass is 32.1. The van der Waals surface area contributed by atoms with Crippen LogP contribution in [0.5, 0.6) is 0 Å². The molecular formula is C17H23N3OS. The number of thiazole rings is 1. The van der Waals surface area contributed by atoms with Gasteiger partial charge in [0.1, 0.15) is 0 Å². The number of anilines is 1. The fourth-order valence-electron chi connectivity index (χ4n) is 2.01. The van der Waals surface area contributed by atoms with Gasteiger partial charge in [-0.05, 0) is 32.8 Å². The molecular weight excluding hydrogens is 294 g/mol. The van der Waals surface area contributed by atoms with Crippen molar-refractivity contribution < 1.29 is 4.79 Å². The van der Waals surface area contributed by atoms with E-state index in [1.54, 1.807) is 11.3 Å². The van der Waals surface area contributed by atoms with E-state index in [-0.39, 0.29) is 11.4 Å². The number of amides is 1. The third kappa shape index (κ3) is 5.15. The van der Waals surface area contributed by atoms with Crippen molar-refractivity contribution in [3.05, 3.63) is 35.2 Å². The first-order valence-electron chi connectivity index (χ1n) is 7.41. The molecule has 0 saturated carbocycles. The highest BCUT2D eigenvalue weighted by Crippen LogP contribution is 2.26. The Morgan fingerprint density at radius 2 is 1.91 bits per heavy atom. The fraction of sp³-hybridized carbons (Fsp3) is 0.412. The van der Waals surface area contributed by atoms with Crippen LogP contribution >= 0.6 is 11.3 Å². The Morgan fingerprint density at radius 3 is 2.50 bits per heavy atom. The molecule has 0 fully saturated rings. The Hall–Kier alpha value is -1.88. The van der Waals surface area contributed by atoms with Crippen molar-refractivity contribution in [1.29, 1.82) is 0 Å². The molecule has 0 aliphatic heterocycles. The molecule has 1 aromatic heterocycles. The van der Waals surface area contributed by atoms with Gasteiger partial charge in [0.15, 0.2) is 5.13 Å². The van der Waals surface area contributed by atoms with Gasteiger partial charge in [-0.3, -0.25) is 4.79 Å². The number of benzene rings is 1. The zero-order chi connectivity index (χ0) is 16.2. The van der Waals surface area contributed by atoms with E-state index in [0.29, 0.717) is 6.54 Å². The van der Waals surface area contributed by atoms with Crippen molar-refractivity contribution in [3.63, 3.8) is 0 Å². The summed E-state index contributed by atoms with van der Waals surface area (Å²) in [4.78, 5) is 15.5. The molecule has 0 bridgehead atoms. The van der Waals surface area contributed by atoms with Gasteiger partial charge in [0.25, 0.3) is 0 Å². The first-order chi connectivity index (χ1) is 10.3. The Balaban J connectivity index is 2.00. The van der Waals surface area contributed by atoms with Crippen molar-refractivity contribution in [3.8, 4) is 11.3 Å². The van der Waals surface area contributed by atoms with Gasteiger partial charge in [0.2, 0.25) is 5.91 Å². The fourth-order valence-corrected chi connectivity index (χ4v) is 2.94. The molecule has 0 radical (unpaired) electrons. The first kappa shape index (κ1) is 16.5. The summed E-state index contributed by atoms with van der Waals surface area (Å²) in [6, 6.07) is 8.35. The third-order valence-corrected chi connectivity index (χ3v) is 3.78. The van der Waals surface area contributed by atoms with Crippen LogP contribution < -0.4 is 10.6 Å². The lowest BCUT2D eigenvalue weighted by Gasteiger charge is -2.19. The molecule has 0 unspecified atom stereocenters. The number of aromatic nitrogens is 1. The lowest BCUT2D eigenvalue weighted by molar-refractivity contribution is -0.118. The summed E-state index contributed by atoms with van der Waals surface area (Å²) in [6.07, 6.45) is 0.841. The molecule has 22 heavy (non-hydrogen) atoms. The Morgan fingerprint density at radius 1 is 1.23 bits per heavy atom. The second-order valence-corrected chi connectivity index (χ2v) is 7.20. The van der Waals surface area contributed by atoms with Crippen LogP contribution in [0.25, 0.3) is 11.3 Å². The van der Waals surface area contributed by atoms with Crippen molar-refractivity contribution in [2.45, 2.75) is 39.7 Å². The molecule has 0 saturated heterocycles. The number of hydrogen-bond acceptors (Lipinski definition) is 4. The maximum Gasteiger partial charge on any atom is 0.216 e. The summed E-state index contributed by atoms with van der Waals surface area (Å²) in [6.45, 7) is 8.58. The Bertz CT molecular complexity index is 626. The number of rotatable bonds is 5. The summed E-state index contributed by atoms with van der Waals surface area (Å²) in [5, 5.41) is 9.21. The van der Waals surface area contributed by atoms with Crippen LogP contribution in [0.15, 0.2) is 29.6 Å². The molecule has 0 aliphatic rings. The molecule has 2 N–H and O–H groups in total. The summed E-state index contributed by atoms with van der Waals surface area (Å²) in [5.41, 5.74) is 3.33. The second kappa shape index (κ2) is 6.92. The smallest absolute Gasteiger partial charge is 0.216 e. The number of carbonyl (C=O) groups is 1. The van der Waals surface area contributed by atoms with Crippen LogP contribution in [0.4, 0.5) is 5.13 Å².